The minimum atomic E-state index is 0.480. The van der Waals surface area contributed by atoms with Crippen molar-refractivity contribution in [1.29, 1.82) is 0 Å². The van der Waals surface area contributed by atoms with Crippen LogP contribution in [0.1, 0.15) is 11.1 Å². The van der Waals surface area contributed by atoms with E-state index in [1.165, 1.54) is 0 Å². The number of azide groups is 1. The zero-order valence-corrected chi connectivity index (χ0v) is 12.4. The van der Waals surface area contributed by atoms with E-state index in [4.69, 9.17) is 5.53 Å². The van der Waals surface area contributed by atoms with E-state index in [1.54, 1.807) is 17.1 Å². The van der Waals surface area contributed by atoms with Crippen molar-refractivity contribution < 1.29 is 0 Å². The molecule has 0 bridgehead atoms. The number of rotatable bonds is 6. The second-order valence-corrected chi connectivity index (χ2v) is 5.06. The van der Waals surface area contributed by atoms with E-state index in [2.05, 4.69) is 37.5 Å². The predicted octanol–water partition coefficient (Wildman–Crippen LogP) is 3.24. The van der Waals surface area contributed by atoms with Crippen molar-refractivity contribution >= 4 is 0 Å². The highest BCUT2D eigenvalue weighted by atomic mass is 15.4. The van der Waals surface area contributed by atoms with Gasteiger partial charge in [0.2, 0.25) is 0 Å². The molecule has 0 atom stereocenters. The van der Waals surface area contributed by atoms with Gasteiger partial charge in [-0.05, 0) is 35.2 Å². The fourth-order valence-corrected chi connectivity index (χ4v) is 2.24. The second kappa shape index (κ2) is 7.20. The van der Waals surface area contributed by atoms with Gasteiger partial charge in [-0.3, -0.25) is 4.98 Å². The van der Waals surface area contributed by atoms with Crippen LogP contribution in [0, 0.1) is 0 Å². The monoisotopic (exact) mass is 305 g/mol. The Kier molecular flexibility index (Phi) is 4.61. The number of hydrogen-bond acceptors (Lipinski definition) is 4. The molecule has 7 heteroatoms. The Hall–Kier alpha value is -3.18. The van der Waals surface area contributed by atoms with Gasteiger partial charge in [-0.15, -0.1) is 5.10 Å². The number of aromatic nitrogens is 4. The Morgan fingerprint density at radius 2 is 1.96 bits per heavy atom. The van der Waals surface area contributed by atoms with Gasteiger partial charge in [0, 0.05) is 29.4 Å². The molecule has 1 aromatic carbocycles. The molecule has 0 fully saturated rings. The Balaban J connectivity index is 1.65. The summed E-state index contributed by atoms with van der Waals surface area (Å²) in [5.74, 6) is 0. The second-order valence-electron chi connectivity index (χ2n) is 5.06. The average Bonchev–Trinajstić information content (AvgIpc) is 3.06. The Labute approximate surface area is 133 Å². The van der Waals surface area contributed by atoms with Crippen LogP contribution in [0.4, 0.5) is 0 Å². The standard InChI is InChI=1S/C16H15N7/c17-21-19-9-7-13-3-5-14(6-4-13)11-23-12-16(20-22-23)15-2-1-8-18-10-15/h1-6,8,10,12H,7,9,11H2. The Bertz CT molecular complexity index is 802. The summed E-state index contributed by atoms with van der Waals surface area (Å²) in [5, 5.41) is 11.9. The van der Waals surface area contributed by atoms with Crippen LogP contribution in [-0.4, -0.2) is 26.5 Å². The topological polar surface area (TPSA) is 92.4 Å². The van der Waals surface area contributed by atoms with E-state index < -0.39 is 0 Å². The lowest BCUT2D eigenvalue weighted by Gasteiger charge is -2.03. The minimum Gasteiger partial charge on any atom is -0.264 e. The van der Waals surface area contributed by atoms with Crippen LogP contribution < -0.4 is 0 Å². The van der Waals surface area contributed by atoms with Gasteiger partial charge in [-0.2, -0.15) is 0 Å². The fraction of sp³-hybridized carbons (Fsp3) is 0.188. The first kappa shape index (κ1) is 14.7. The summed E-state index contributed by atoms with van der Waals surface area (Å²) < 4.78 is 1.80. The summed E-state index contributed by atoms with van der Waals surface area (Å²) in [6, 6.07) is 12.0. The number of nitrogens with zero attached hydrogens (tertiary/aromatic N) is 7. The molecule has 0 aliphatic heterocycles. The molecule has 0 radical (unpaired) electrons. The Morgan fingerprint density at radius 3 is 2.70 bits per heavy atom. The molecule has 0 saturated heterocycles. The van der Waals surface area contributed by atoms with Crippen molar-refractivity contribution in [2.45, 2.75) is 13.0 Å². The van der Waals surface area contributed by atoms with Crippen LogP contribution in [0.3, 0.4) is 0 Å². The number of hydrogen-bond donors (Lipinski definition) is 0. The minimum absolute atomic E-state index is 0.480. The lowest BCUT2D eigenvalue weighted by Crippen LogP contribution is -2.00. The van der Waals surface area contributed by atoms with Gasteiger partial charge in [-0.1, -0.05) is 34.6 Å². The van der Waals surface area contributed by atoms with Crippen molar-refractivity contribution in [2.75, 3.05) is 6.54 Å². The summed E-state index contributed by atoms with van der Waals surface area (Å²) >= 11 is 0. The van der Waals surface area contributed by atoms with Crippen LogP contribution >= 0.6 is 0 Å². The molecule has 0 aliphatic carbocycles. The molecule has 7 nitrogen and oxygen atoms in total. The highest BCUT2D eigenvalue weighted by molar-refractivity contribution is 5.55. The molecular formula is C16H15N7. The van der Waals surface area contributed by atoms with E-state index in [1.807, 2.05) is 30.5 Å². The molecule has 2 heterocycles. The molecule has 0 amide bonds. The highest BCUT2D eigenvalue weighted by Gasteiger charge is 2.04. The van der Waals surface area contributed by atoms with Gasteiger partial charge in [0.25, 0.3) is 0 Å². The molecule has 0 spiro atoms. The fourth-order valence-electron chi connectivity index (χ4n) is 2.24. The normalized spacial score (nSPS) is 10.3. The summed E-state index contributed by atoms with van der Waals surface area (Å²) in [6.45, 7) is 1.14. The van der Waals surface area contributed by atoms with Crippen molar-refractivity contribution in [2.24, 2.45) is 5.11 Å². The van der Waals surface area contributed by atoms with Crippen LogP contribution in [0.25, 0.3) is 21.7 Å². The van der Waals surface area contributed by atoms with Crippen LogP contribution in [-0.2, 0) is 13.0 Å². The smallest absolute Gasteiger partial charge is 0.114 e. The van der Waals surface area contributed by atoms with Crippen LogP contribution in [0.15, 0.2) is 60.1 Å². The van der Waals surface area contributed by atoms with E-state index in [0.29, 0.717) is 13.1 Å². The molecule has 0 N–H and O–H groups in total. The first-order chi connectivity index (χ1) is 11.3. The molecule has 3 aromatic rings. The molecule has 0 saturated carbocycles. The lowest BCUT2D eigenvalue weighted by molar-refractivity contribution is 0.649. The largest absolute Gasteiger partial charge is 0.264 e. The zero-order valence-electron chi connectivity index (χ0n) is 12.4. The average molecular weight is 305 g/mol. The van der Waals surface area contributed by atoms with Crippen molar-refractivity contribution in [3.8, 4) is 11.3 Å². The maximum atomic E-state index is 8.28. The highest BCUT2D eigenvalue weighted by Crippen LogP contribution is 2.14. The summed E-state index contributed by atoms with van der Waals surface area (Å²) in [6.07, 6.45) is 6.16. The first-order valence-corrected chi connectivity index (χ1v) is 7.24. The summed E-state index contributed by atoms with van der Waals surface area (Å²) in [7, 11) is 0. The summed E-state index contributed by atoms with van der Waals surface area (Å²) in [5.41, 5.74) is 12.3. The lowest BCUT2D eigenvalue weighted by atomic mass is 10.1. The third kappa shape index (κ3) is 3.93. The molecule has 2 aromatic heterocycles. The molecular weight excluding hydrogens is 290 g/mol. The molecule has 0 unspecified atom stereocenters. The first-order valence-electron chi connectivity index (χ1n) is 7.24. The maximum Gasteiger partial charge on any atom is 0.114 e. The molecule has 3 rings (SSSR count). The zero-order chi connectivity index (χ0) is 15.9. The van der Waals surface area contributed by atoms with Gasteiger partial charge in [0.15, 0.2) is 0 Å². The van der Waals surface area contributed by atoms with Crippen molar-refractivity contribution in [3.05, 3.63) is 76.6 Å². The SMILES string of the molecule is [N-]=[N+]=NCCc1ccc(Cn2cc(-c3cccnc3)nn2)cc1. The van der Waals surface area contributed by atoms with Crippen molar-refractivity contribution in [3.63, 3.8) is 0 Å². The van der Waals surface area contributed by atoms with Gasteiger partial charge in [-0.25, -0.2) is 4.68 Å². The number of pyridine rings is 1. The quantitative estimate of drug-likeness (QED) is 0.397. The third-order valence-electron chi connectivity index (χ3n) is 3.43. The molecule has 23 heavy (non-hydrogen) atoms. The third-order valence-corrected chi connectivity index (χ3v) is 3.43. The molecule has 114 valence electrons. The van der Waals surface area contributed by atoms with Crippen molar-refractivity contribution in [1.82, 2.24) is 20.0 Å². The summed E-state index contributed by atoms with van der Waals surface area (Å²) in [4.78, 5) is 6.84. The predicted molar refractivity (Wildman–Crippen MR) is 86.5 cm³/mol. The van der Waals surface area contributed by atoms with Gasteiger partial charge in [0.1, 0.15) is 5.69 Å². The van der Waals surface area contributed by atoms with E-state index in [0.717, 1.165) is 28.8 Å². The van der Waals surface area contributed by atoms with Gasteiger partial charge in [0.05, 0.1) is 12.7 Å². The van der Waals surface area contributed by atoms with Gasteiger partial charge >= 0.3 is 0 Å². The molecule has 0 aliphatic rings. The van der Waals surface area contributed by atoms with E-state index in [9.17, 15) is 0 Å². The van der Waals surface area contributed by atoms with E-state index in [-0.39, 0.29) is 0 Å². The van der Waals surface area contributed by atoms with Crippen LogP contribution in [0.2, 0.25) is 0 Å². The van der Waals surface area contributed by atoms with Crippen LogP contribution in [0.5, 0.6) is 0 Å². The van der Waals surface area contributed by atoms with E-state index >= 15 is 0 Å². The maximum absolute atomic E-state index is 8.28. The Morgan fingerprint density at radius 1 is 1.13 bits per heavy atom. The van der Waals surface area contributed by atoms with Gasteiger partial charge < -0.3 is 0 Å². The number of benzene rings is 1.